The molecule has 1 N–H and O–H groups in total. The quantitative estimate of drug-likeness (QED) is 0.852. The van der Waals surface area contributed by atoms with Gasteiger partial charge in [0.2, 0.25) is 0 Å². The van der Waals surface area contributed by atoms with Crippen molar-refractivity contribution < 1.29 is 14.6 Å². The summed E-state index contributed by atoms with van der Waals surface area (Å²) in [5.41, 5.74) is 3.01. The van der Waals surface area contributed by atoms with Gasteiger partial charge in [0.05, 0.1) is 5.69 Å². The van der Waals surface area contributed by atoms with Crippen molar-refractivity contribution in [3.8, 4) is 5.75 Å². The van der Waals surface area contributed by atoms with Gasteiger partial charge in [-0.05, 0) is 43.0 Å². The number of phenolic OH excluding ortho intramolecular Hbond substituents is 1. The fraction of sp³-hybridized carbons (Fsp3) is 0.435. The summed E-state index contributed by atoms with van der Waals surface area (Å²) in [6.45, 7) is 4.96. The number of phenols is 1. The molecular formula is C23H29N3O3. The molecule has 0 unspecified atom stereocenters. The normalized spacial score (nSPS) is 17.3. The molecule has 29 heavy (non-hydrogen) atoms. The molecule has 0 radical (unpaired) electrons. The number of rotatable bonds is 4. The summed E-state index contributed by atoms with van der Waals surface area (Å²) in [5.74, 6) is 0.297. The van der Waals surface area contributed by atoms with Gasteiger partial charge in [0.1, 0.15) is 12.4 Å². The minimum Gasteiger partial charge on any atom is -0.506 e. The number of amides is 1. The highest BCUT2D eigenvalue weighted by molar-refractivity contribution is 5.70. The molecule has 4 rings (SSSR count). The molecule has 6 heteroatoms. The molecule has 0 atom stereocenters. The first-order chi connectivity index (χ1) is 14.2. The van der Waals surface area contributed by atoms with E-state index in [1.165, 1.54) is 24.9 Å². The molecule has 2 saturated heterocycles. The number of aromatic hydroxyl groups is 1. The largest absolute Gasteiger partial charge is 0.506 e. The highest BCUT2D eigenvalue weighted by Crippen LogP contribution is 2.33. The zero-order valence-corrected chi connectivity index (χ0v) is 16.8. The zero-order valence-electron chi connectivity index (χ0n) is 16.8. The van der Waals surface area contributed by atoms with Crippen LogP contribution in [-0.2, 0) is 11.3 Å². The first-order valence-electron chi connectivity index (χ1n) is 10.5. The average Bonchev–Trinajstić information content (AvgIpc) is 2.79. The molecule has 1 amide bonds. The fourth-order valence-corrected chi connectivity index (χ4v) is 4.05. The van der Waals surface area contributed by atoms with Crippen molar-refractivity contribution in [2.45, 2.75) is 25.9 Å². The van der Waals surface area contributed by atoms with E-state index in [4.69, 9.17) is 4.74 Å². The first kappa shape index (κ1) is 19.4. The Morgan fingerprint density at radius 3 is 2.31 bits per heavy atom. The van der Waals surface area contributed by atoms with E-state index in [1.807, 2.05) is 36.4 Å². The minimum atomic E-state index is -0.278. The topological polar surface area (TPSA) is 56.2 Å². The third-order valence-electron chi connectivity index (χ3n) is 5.76. The van der Waals surface area contributed by atoms with Gasteiger partial charge >= 0.3 is 6.09 Å². The van der Waals surface area contributed by atoms with E-state index in [1.54, 1.807) is 11.0 Å². The number of carbonyl (C=O) groups is 1. The van der Waals surface area contributed by atoms with Crippen LogP contribution in [0.4, 0.5) is 16.2 Å². The third kappa shape index (κ3) is 4.75. The molecule has 6 nitrogen and oxygen atoms in total. The summed E-state index contributed by atoms with van der Waals surface area (Å²) < 4.78 is 5.44. The van der Waals surface area contributed by atoms with Crippen molar-refractivity contribution in [1.82, 2.24) is 4.90 Å². The summed E-state index contributed by atoms with van der Waals surface area (Å²) >= 11 is 0. The van der Waals surface area contributed by atoms with E-state index < -0.39 is 0 Å². The van der Waals surface area contributed by atoms with Crippen LogP contribution in [0, 0.1) is 0 Å². The third-order valence-corrected chi connectivity index (χ3v) is 5.76. The number of carbonyl (C=O) groups excluding carboxylic acids is 1. The van der Waals surface area contributed by atoms with Crippen molar-refractivity contribution in [2.24, 2.45) is 0 Å². The summed E-state index contributed by atoms with van der Waals surface area (Å²) in [4.78, 5) is 18.7. The maximum absolute atomic E-state index is 12.4. The standard InChI is InChI=1S/C23H29N3O3/c27-22-10-9-20(24-11-5-2-6-12-24)17-21(22)25-13-15-26(16-14-25)23(28)29-18-19-7-3-1-4-8-19/h1,3-4,7-10,17,27H,2,5-6,11-16,18H2. The van der Waals surface area contributed by atoms with Gasteiger partial charge in [0.25, 0.3) is 0 Å². The molecular weight excluding hydrogens is 366 g/mol. The van der Waals surface area contributed by atoms with Crippen molar-refractivity contribution in [3.63, 3.8) is 0 Å². The monoisotopic (exact) mass is 395 g/mol. The van der Waals surface area contributed by atoms with Gasteiger partial charge in [0, 0.05) is 45.0 Å². The second-order valence-corrected chi connectivity index (χ2v) is 7.74. The highest BCUT2D eigenvalue weighted by Gasteiger charge is 2.24. The van der Waals surface area contributed by atoms with Crippen LogP contribution in [0.15, 0.2) is 48.5 Å². The van der Waals surface area contributed by atoms with Crippen molar-refractivity contribution in [3.05, 3.63) is 54.1 Å². The van der Waals surface area contributed by atoms with Crippen molar-refractivity contribution in [1.29, 1.82) is 0 Å². The Hall–Kier alpha value is -2.89. The molecule has 2 aliphatic heterocycles. The predicted octanol–water partition coefficient (Wildman–Crippen LogP) is 3.84. The van der Waals surface area contributed by atoms with Crippen LogP contribution in [0.5, 0.6) is 5.75 Å². The number of ether oxygens (including phenoxy) is 1. The molecule has 2 aromatic carbocycles. The predicted molar refractivity (Wildman–Crippen MR) is 115 cm³/mol. The van der Waals surface area contributed by atoms with Gasteiger partial charge < -0.3 is 24.5 Å². The van der Waals surface area contributed by atoms with E-state index >= 15 is 0 Å². The van der Waals surface area contributed by atoms with Crippen LogP contribution in [0.25, 0.3) is 0 Å². The molecule has 0 spiro atoms. The van der Waals surface area contributed by atoms with E-state index in [2.05, 4.69) is 15.9 Å². The van der Waals surface area contributed by atoms with Crippen LogP contribution in [0.2, 0.25) is 0 Å². The summed E-state index contributed by atoms with van der Waals surface area (Å²) in [7, 11) is 0. The fourth-order valence-electron chi connectivity index (χ4n) is 4.05. The number of anilines is 2. The molecule has 2 heterocycles. The zero-order chi connectivity index (χ0) is 20.1. The van der Waals surface area contributed by atoms with Gasteiger partial charge in [-0.25, -0.2) is 4.79 Å². The first-order valence-corrected chi connectivity index (χ1v) is 10.5. The second-order valence-electron chi connectivity index (χ2n) is 7.74. The van der Waals surface area contributed by atoms with Gasteiger partial charge in [-0.1, -0.05) is 30.3 Å². The molecule has 0 aromatic heterocycles. The highest BCUT2D eigenvalue weighted by atomic mass is 16.6. The number of piperazine rings is 1. The molecule has 2 fully saturated rings. The van der Waals surface area contributed by atoms with E-state index in [-0.39, 0.29) is 6.09 Å². The molecule has 0 aliphatic carbocycles. The van der Waals surface area contributed by atoms with Gasteiger partial charge in [-0.3, -0.25) is 0 Å². The van der Waals surface area contributed by atoms with Crippen molar-refractivity contribution in [2.75, 3.05) is 49.1 Å². The van der Waals surface area contributed by atoms with E-state index in [0.717, 1.165) is 24.3 Å². The molecule has 2 aromatic rings. The molecule has 0 bridgehead atoms. The van der Waals surface area contributed by atoms with Crippen LogP contribution in [-0.4, -0.2) is 55.4 Å². The number of nitrogens with zero attached hydrogens (tertiary/aromatic N) is 3. The lowest BCUT2D eigenvalue weighted by molar-refractivity contribution is 0.0942. The summed E-state index contributed by atoms with van der Waals surface area (Å²) in [6, 6.07) is 15.6. The lowest BCUT2D eigenvalue weighted by Crippen LogP contribution is -2.49. The minimum absolute atomic E-state index is 0.278. The Morgan fingerprint density at radius 2 is 1.59 bits per heavy atom. The SMILES string of the molecule is O=C(OCc1ccccc1)N1CCN(c2cc(N3CCCCC3)ccc2O)CC1. The number of benzene rings is 2. The smallest absolute Gasteiger partial charge is 0.410 e. The number of piperidine rings is 1. The summed E-state index contributed by atoms with van der Waals surface area (Å²) in [6.07, 6.45) is 3.46. The Kier molecular flexibility index (Phi) is 6.08. The number of hydrogen-bond donors (Lipinski definition) is 1. The van der Waals surface area contributed by atoms with Crippen molar-refractivity contribution >= 4 is 17.5 Å². The molecule has 0 saturated carbocycles. The van der Waals surface area contributed by atoms with Crippen LogP contribution in [0.3, 0.4) is 0 Å². The van der Waals surface area contributed by atoms with Crippen LogP contribution >= 0.6 is 0 Å². The lowest BCUT2D eigenvalue weighted by Gasteiger charge is -2.36. The Bertz CT molecular complexity index is 813. The number of hydrogen-bond acceptors (Lipinski definition) is 5. The maximum atomic E-state index is 12.4. The average molecular weight is 396 g/mol. The van der Waals surface area contributed by atoms with Gasteiger partial charge in [0.15, 0.2) is 0 Å². The second kappa shape index (κ2) is 9.07. The van der Waals surface area contributed by atoms with Crippen LogP contribution in [0.1, 0.15) is 24.8 Å². The Morgan fingerprint density at radius 1 is 0.862 bits per heavy atom. The maximum Gasteiger partial charge on any atom is 0.410 e. The molecule has 154 valence electrons. The van der Waals surface area contributed by atoms with Crippen LogP contribution < -0.4 is 9.80 Å². The van der Waals surface area contributed by atoms with E-state index in [9.17, 15) is 9.90 Å². The Balaban J connectivity index is 1.33. The summed E-state index contributed by atoms with van der Waals surface area (Å²) in [5, 5.41) is 10.4. The van der Waals surface area contributed by atoms with E-state index in [0.29, 0.717) is 38.5 Å². The Labute approximate surface area is 172 Å². The molecule has 2 aliphatic rings. The lowest BCUT2D eigenvalue weighted by atomic mass is 10.1. The van der Waals surface area contributed by atoms with Gasteiger partial charge in [-0.15, -0.1) is 0 Å². The van der Waals surface area contributed by atoms with Gasteiger partial charge in [-0.2, -0.15) is 0 Å².